The molecule has 1 N–H and O–H groups in total. The van der Waals surface area contributed by atoms with E-state index in [1.165, 1.54) is 0 Å². The quantitative estimate of drug-likeness (QED) is 0.691. The predicted molar refractivity (Wildman–Crippen MR) is 106 cm³/mol. The van der Waals surface area contributed by atoms with E-state index >= 15 is 0 Å². The van der Waals surface area contributed by atoms with Gasteiger partial charge in [-0.05, 0) is 43.7 Å². The fourth-order valence-corrected chi connectivity index (χ4v) is 3.49. The van der Waals surface area contributed by atoms with E-state index in [2.05, 4.69) is 26.9 Å². The molecule has 1 aliphatic rings. The maximum atomic E-state index is 5.80. The second-order valence-corrected chi connectivity index (χ2v) is 6.77. The molecule has 0 unspecified atom stereocenters. The van der Waals surface area contributed by atoms with Gasteiger partial charge in [-0.15, -0.1) is 0 Å². The lowest BCUT2D eigenvalue weighted by Crippen LogP contribution is -2.32. The highest BCUT2D eigenvalue weighted by Gasteiger charge is 2.17. The summed E-state index contributed by atoms with van der Waals surface area (Å²) in [6.45, 7) is 6.13. The third kappa shape index (κ3) is 4.17. The molecule has 0 saturated carbocycles. The second-order valence-electron chi connectivity index (χ2n) is 6.77. The number of hydrogen-bond donors (Lipinski definition) is 1. The number of para-hydroxylation sites is 3. The summed E-state index contributed by atoms with van der Waals surface area (Å²) in [6.07, 6.45) is 2.22. The van der Waals surface area contributed by atoms with Crippen molar-refractivity contribution in [2.75, 3.05) is 44.2 Å². The Balaban J connectivity index is 1.25. The minimum absolute atomic E-state index is 0.772. The zero-order valence-electron chi connectivity index (χ0n) is 15.1. The van der Waals surface area contributed by atoms with E-state index in [-0.39, 0.29) is 0 Å². The first-order valence-electron chi connectivity index (χ1n) is 9.48. The van der Waals surface area contributed by atoms with E-state index in [9.17, 15) is 0 Å². The maximum absolute atomic E-state index is 5.80. The van der Waals surface area contributed by atoms with Gasteiger partial charge in [0.1, 0.15) is 5.75 Å². The van der Waals surface area contributed by atoms with Gasteiger partial charge in [-0.3, -0.25) is 0 Å². The third-order valence-corrected chi connectivity index (χ3v) is 4.90. The molecule has 5 heteroatoms. The molecule has 136 valence electrons. The number of rotatable bonds is 6. The number of benzene rings is 2. The number of aromatic amines is 1. The lowest BCUT2D eigenvalue weighted by Gasteiger charge is -2.21. The summed E-state index contributed by atoms with van der Waals surface area (Å²) >= 11 is 0. The van der Waals surface area contributed by atoms with Crippen molar-refractivity contribution in [2.45, 2.75) is 12.8 Å². The molecule has 1 saturated heterocycles. The number of anilines is 1. The van der Waals surface area contributed by atoms with E-state index in [0.29, 0.717) is 0 Å². The molecule has 1 aromatic heterocycles. The molecule has 4 rings (SSSR count). The summed E-state index contributed by atoms with van der Waals surface area (Å²) in [5.41, 5.74) is 2.16. The maximum Gasteiger partial charge on any atom is 0.203 e. The SMILES string of the molecule is c1ccc(OCCCN2CCCN(c3nc4ccccc4[nH]3)CC2)cc1. The number of imidazole rings is 1. The van der Waals surface area contributed by atoms with Gasteiger partial charge >= 0.3 is 0 Å². The van der Waals surface area contributed by atoms with Crippen molar-refractivity contribution in [2.24, 2.45) is 0 Å². The average molecular weight is 350 g/mol. The van der Waals surface area contributed by atoms with Gasteiger partial charge in [0, 0.05) is 26.2 Å². The van der Waals surface area contributed by atoms with Gasteiger partial charge in [-0.25, -0.2) is 4.98 Å². The molecule has 2 aromatic carbocycles. The van der Waals surface area contributed by atoms with Crippen molar-refractivity contribution in [3.63, 3.8) is 0 Å². The highest BCUT2D eigenvalue weighted by atomic mass is 16.5. The molecule has 3 aromatic rings. The molecule has 1 fully saturated rings. The van der Waals surface area contributed by atoms with Crippen molar-refractivity contribution in [3.05, 3.63) is 54.6 Å². The van der Waals surface area contributed by atoms with E-state index in [1.54, 1.807) is 0 Å². The number of ether oxygens (including phenoxy) is 1. The van der Waals surface area contributed by atoms with Crippen LogP contribution in [0.15, 0.2) is 54.6 Å². The number of hydrogen-bond acceptors (Lipinski definition) is 4. The number of aromatic nitrogens is 2. The van der Waals surface area contributed by atoms with E-state index in [4.69, 9.17) is 9.72 Å². The molecular weight excluding hydrogens is 324 g/mol. The van der Waals surface area contributed by atoms with E-state index in [0.717, 1.165) is 74.9 Å². The van der Waals surface area contributed by atoms with Gasteiger partial charge < -0.3 is 19.5 Å². The summed E-state index contributed by atoms with van der Waals surface area (Å²) in [5, 5.41) is 0. The van der Waals surface area contributed by atoms with Crippen molar-refractivity contribution >= 4 is 17.0 Å². The lowest BCUT2D eigenvalue weighted by atomic mass is 10.3. The Morgan fingerprint density at radius 2 is 1.77 bits per heavy atom. The Hall–Kier alpha value is -2.53. The summed E-state index contributed by atoms with van der Waals surface area (Å²) in [6, 6.07) is 18.3. The molecular formula is C21H26N4O. The normalized spacial score (nSPS) is 15.9. The Morgan fingerprint density at radius 3 is 2.65 bits per heavy atom. The molecule has 5 nitrogen and oxygen atoms in total. The molecule has 0 atom stereocenters. The molecule has 26 heavy (non-hydrogen) atoms. The largest absolute Gasteiger partial charge is 0.494 e. The van der Waals surface area contributed by atoms with Crippen LogP contribution in [0.4, 0.5) is 5.95 Å². The van der Waals surface area contributed by atoms with Crippen LogP contribution in [0, 0.1) is 0 Å². The third-order valence-electron chi connectivity index (χ3n) is 4.90. The van der Waals surface area contributed by atoms with Gasteiger partial charge in [-0.2, -0.15) is 0 Å². The summed E-state index contributed by atoms with van der Waals surface area (Å²) in [4.78, 5) is 13.1. The smallest absolute Gasteiger partial charge is 0.203 e. The molecule has 0 radical (unpaired) electrons. The van der Waals surface area contributed by atoms with Gasteiger partial charge in [0.05, 0.1) is 17.6 Å². The highest BCUT2D eigenvalue weighted by molar-refractivity contribution is 5.77. The zero-order valence-corrected chi connectivity index (χ0v) is 15.1. The van der Waals surface area contributed by atoms with E-state index in [1.807, 2.05) is 42.5 Å². The van der Waals surface area contributed by atoms with Crippen LogP contribution in [0.3, 0.4) is 0 Å². The second kappa shape index (κ2) is 8.23. The first-order chi connectivity index (χ1) is 12.9. The van der Waals surface area contributed by atoms with Crippen molar-refractivity contribution in [1.82, 2.24) is 14.9 Å². The van der Waals surface area contributed by atoms with E-state index < -0.39 is 0 Å². The summed E-state index contributed by atoms with van der Waals surface area (Å²) in [7, 11) is 0. The highest BCUT2D eigenvalue weighted by Crippen LogP contribution is 2.18. The predicted octanol–water partition coefficient (Wildman–Crippen LogP) is 3.54. The summed E-state index contributed by atoms with van der Waals surface area (Å²) < 4.78 is 5.80. The van der Waals surface area contributed by atoms with Gasteiger partial charge in [0.2, 0.25) is 5.95 Å². The minimum atomic E-state index is 0.772. The number of nitrogens with one attached hydrogen (secondary N) is 1. The molecule has 0 aliphatic carbocycles. The molecule has 0 spiro atoms. The first-order valence-corrected chi connectivity index (χ1v) is 9.48. The Bertz CT molecular complexity index is 784. The van der Waals surface area contributed by atoms with Gasteiger partial charge in [0.15, 0.2) is 0 Å². The van der Waals surface area contributed by atoms with Gasteiger partial charge in [-0.1, -0.05) is 30.3 Å². The summed E-state index contributed by atoms with van der Waals surface area (Å²) in [5.74, 6) is 1.96. The Kier molecular flexibility index (Phi) is 5.36. The van der Waals surface area contributed by atoms with Gasteiger partial charge in [0.25, 0.3) is 0 Å². The molecule has 2 heterocycles. The monoisotopic (exact) mass is 350 g/mol. The van der Waals surface area contributed by atoms with Crippen molar-refractivity contribution < 1.29 is 4.74 Å². The lowest BCUT2D eigenvalue weighted by molar-refractivity contribution is 0.244. The molecule has 0 bridgehead atoms. The zero-order chi connectivity index (χ0) is 17.6. The van der Waals surface area contributed by atoms with Crippen LogP contribution in [0.5, 0.6) is 5.75 Å². The number of nitrogens with zero attached hydrogens (tertiary/aromatic N) is 3. The fraction of sp³-hybridized carbons (Fsp3) is 0.381. The van der Waals surface area contributed by atoms with Crippen LogP contribution in [-0.2, 0) is 0 Å². The van der Waals surface area contributed by atoms with Crippen LogP contribution in [0.25, 0.3) is 11.0 Å². The van der Waals surface area contributed by atoms with Crippen LogP contribution < -0.4 is 9.64 Å². The number of fused-ring (bicyclic) bond motifs is 1. The van der Waals surface area contributed by atoms with Crippen molar-refractivity contribution in [1.29, 1.82) is 0 Å². The molecule has 0 amide bonds. The Morgan fingerprint density at radius 1 is 0.923 bits per heavy atom. The Labute approximate surface area is 154 Å². The standard InChI is InChI=1S/C21H26N4O/c1-2-8-18(9-3-1)26-17-7-13-24-12-6-14-25(16-15-24)21-22-19-10-4-5-11-20(19)23-21/h1-5,8-11H,6-7,12-17H2,(H,22,23). The first kappa shape index (κ1) is 16.9. The number of H-pyrrole nitrogens is 1. The topological polar surface area (TPSA) is 44.4 Å². The average Bonchev–Trinajstić information content (AvgIpc) is 2.98. The minimum Gasteiger partial charge on any atom is -0.494 e. The van der Waals surface area contributed by atoms with Crippen LogP contribution in [0.1, 0.15) is 12.8 Å². The van der Waals surface area contributed by atoms with Crippen LogP contribution >= 0.6 is 0 Å². The van der Waals surface area contributed by atoms with Crippen LogP contribution in [0.2, 0.25) is 0 Å². The van der Waals surface area contributed by atoms with Crippen LogP contribution in [-0.4, -0.2) is 54.2 Å². The van der Waals surface area contributed by atoms with Crippen molar-refractivity contribution in [3.8, 4) is 5.75 Å². The fourth-order valence-electron chi connectivity index (χ4n) is 3.49. The molecule has 1 aliphatic heterocycles.